The summed E-state index contributed by atoms with van der Waals surface area (Å²) in [5.74, 6) is 1.65. The second kappa shape index (κ2) is 9.18. The van der Waals surface area contributed by atoms with Gasteiger partial charge in [0.05, 0.1) is 5.57 Å². The molecule has 0 bridgehead atoms. The highest BCUT2D eigenvalue weighted by molar-refractivity contribution is 6.06. The number of hydrogen-bond donors (Lipinski definition) is 2. The average Bonchev–Trinajstić information content (AvgIpc) is 2.75. The van der Waals surface area contributed by atoms with Crippen LogP contribution in [0.4, 0.5) is 0 Å². The van der Waals surface area contributed by atoms with Gasteiger partial charge >= 0.3 is 0 Å². The van der Waals surface area contributed by atoms with E-state index in [1.165, 1.54) is 24.3 Å². The van der Waals surface area contributed by atoms with Crippen molar-refractivity contribution in [1.82, 2.24) is 0 Å². The highest BCUT2D eigenvalue weighted by atomic mass is 16.3. The van der Waals surface area contributed by atoms with E-state index in [0.717, 1.165) is 0 Å². The van der Waals surface area contributed by atoms with Crippen molar-refractivity contribution >= 4 is 29.4 Å². The smallest absolute Gasteiger partial charge is 0.185 e. The number of hydrogen-bond acceptors (Lipinski definition) is 4. The van der Waals surface area contributed by atoms with Crippen molar-refractivity contribution in [3.63, 3.8) is 0 Å². The fourth-order valence-electron chi connectivity index (χ4n) is 2.73. The minimum atomic E-state index is -0.155. The topological polar surface area (TPSA) is 74.6 Å². The van der Waals surface area contributed by atoms with Crippen LogP contribution < -0.4 is 0 Å². The number of ketones is 1. The summed E-state index contributed by atoms with van der Waals surface area (Å²) in [5.41, 5.74) is 2.29. The van der Waals surface area contributed by atoms with E-state index in [2.05, 4.69) is 0 Å². The fraction of sp³-hybridized carbons (Fsp3) is 0. The Hall–Kier alpha value is -4.14. The molecule has 0 saturated heterocycles. The Kier molecular flexibility index (Phi) is 6.21. The van der Waals surface area contributed by atoms with Crippen LogP contribution in [0.3, 0.4) is 0 Å². The van der Waals surface area contributed by atoms with Crippen molar-refractivity contribution in [2.45, 2.75) is 0 Å². The van der Waals surface area contributed by atoms with Gasteiger partial charge in [0.15, 0.2) is 5.78 Å². The summed E-state index contributed by atoms with van der Waals surface area (Å²) < 4.78 is 0. The molecule has 0 spiro atoms. The van der Waals surface area contributed by atoms with Crippen molar-refractivity contribution in [2.24, 2.45) is 0 Å². The zero-order valence-corrected chi connectivity index (χ0v) is 15.4. The van der Waals surface area contributed by atoms with Crippen molar-refractivity contribution in [1.29, 1.82) is 0 Å². The number of aromatic hydroxyl groups is 2. The van der Waals surface area contributed by atoms with Gasteiger partial charge in [-0.3, -0.25) is 4.79 Å². The number of phenols is 2. The summed E-state index contributed by atoms with van der Waals surface area (Å²) in [6.45, 7) is 0. The Morgan fingerprint density at radius 2 is 1.52 bits per heavy atom. The zero-order valence-electron chi connectivity index (χ0n) is 15.4. The van der Waals surface area contributed by atoms with Crippen LogP contribution in [-0.4, -0.2) is 21.9 Å². The number of phenolic OH excluding ortho intramolecular Hbond substituents is 2. The summed E-state index contributed by atoms with van der Waals surface area (Å²) in [6.07, 6.45) is 6.11. The number of benzene rings is 3. The number of rotatable bonds is 6. The number of para-hydroxylation sites is 1. The average molecular weight is 382 g/mol. The molecule has 0 fully saturated rings. The van der Waals surface area contributed by atoms with Crippen LogP contribution in [0.2, 0.25) is 0 Å². The molecule has 3 rings (SSSR count). The third kappa shape index (κ3) is 4.98. The van der Waals surface area contributed by atoms with Crippen LogP contribution in [0.25, 0.3) is 17.7 Å². The minimum absolute atomic E-state index is 0.00320. The first kappa shape index (κ1) is 19.6. The molecule has 0 aromatic heterocycles. The predicted molar refractivity (Wildman–Crippen MR) is 114 cm³/mol. The molecule has 0 amide bonds. The quantitative estimate of drug-likeness (QED) is 0.275. The molecular formula is C25H18O4. The minimum Gasteiger partial charge on any atom is -0.507 e. The Balaban J connectivity index is 1.76. The summed E-state index contributed by atoms with van der Waals surface area (Å²) in [4.78, 5) is 23.4. The van der Waals surface area contributed by atoms with E-state index < -0.39 is 0 Å². The lowest BCUT2D eigenvalue weighted by molar-refractivity contribution is 0.104. The van der Waals surface area contributed by atoms with Gasteiger partial charge < -0.3 is 10.2 Å². The lowest BCUT2D eigenvalue weighted by Gasteiger charge is -2.03. The van der Waals surface area contributed by atoms with Crippen molar-refractivity contribution in [3.05, 3.63) is 107 Å². The number of allylic oxidation sites excluding steroid dienone is 3. The Morgan fingerprint density at radius 3 is 2.21 bits per heavy atom. The van der Waals surface area contributed by atoms with Crippen molar-refractivity contribution in [2.75, 3.05) is 0 Å². The van der Waals surface area contributed by atoms with E-state index in [-0.39, 0.29) is 22.9 Å². The Morgan fingerprint density at radius 1 is 0.793 bits per heavy atom. The summed E-state index contributed by atoms with van der Waals surface area (Å²) >= 11 is 0. The molecule has 29 heavy (non-hydrogen) atoms. The first-order valence-electron chi connectivity index (χ1n) is 8.90. The maximum atomic E-state index is 12.1. The standard InChI is InChI=1S/C25H18O4/c26-17-21(22-8-4-5-9-24(22)28)13-11-18-10-12-20(25(29)16-18)14-15-23(27)19-6-2-1-3-7-19/h1-16,28-29H. The third-order valence-electron chi connectivity index (χ3n) is 4.27. The lowest BCUT2D eigenvalue weighted by atomic mass is 10.0. The highest BCUT2D eigenvalue weighted by Crippen LogP contribution is 2.26. The molecule has 142 valence electrons. The van der Waals surface area contributed by atoms with Gasteiger partial charge in [0, 0.05) is 16.7 Å². The largest absolute Gasteiger partial charge is 0.507 e. The van der Waals surface area contributed by atoms with Gasteiger partial charge in [-0.15, -0.1) is 0 Å². The van der Waals surface area contributed by atoms with Crippen LogP contribution in [0, 0.1) is 0 Å². The van der Waals surface area contributed by atoms with Crippen LogP contribution in [0.1, 0.15) is 27.0 Å². The number of carbonyl (C=O) groups is 1. The fourth-order valence-corrected chi connectivity index (χ4v) is 2.73. The summed E-state index contributed by atoms with van der Waals surface area (Å²) in [7, 11) is 0. The predicted octanol–water partition coefficient (Wildman–Crippen LogP) is 4.92. The van der Waals surface area contributed by atoms with E-state index in [4.69, 9.17) is 0 Å². The van der Waals surface area contributed by atoms with Gasteiger partial charge in [-0.2, -0.15) is 0 Å². The second-order valence-corrected chi connectivity index (χ2v) is 6.25. The molecule has 0 radical (unpaired) electrons. The highest BCUT2D eigenvalue weighted by Gasteiger charge is 2.05. The van der Waals surface area contributed by atoms with E-state index in [1.54, 1.807) is 66.7 Å². The molecule has 0 aliphatic rings. The molecule has 0 aliphatic heterocycles. The molecule has 3 aromatic carbocycles. The van der Waals surface area contributed by atoms with E-state index >= 15 is 0 Å². The molecule has 0 heterocycles. The summed E-state index contributed by atoms with van der Waals surface area (Å²) in [5, 5.41) is 20.1. The maximum Gasteiger partial charge on any atom is 0.185 e. The van der Waals surface area contributed by atoms with E-state index in [1.807, 2.05) is 12.0 Å². The van der Waals surface area contributed by atoms with Crippen LogP contribution in [-0.2, 0) is 4.79 Å². The number of carbonyl (C=O) groups excluding carboxylic acids is 2. The van der Waals surface area contributed by atoms with Gasteiger partial charge in [-0.05, 0) is 42.0 Å². The van der Waals surface area contributed by atoms with E-state index in [0.29, 0.717) is 22.3 Å². The van der Waals surface area contributed by atoms with Crippen LogP contribution >= 0.6 is 0 Å². The summed E-state index contributed by atoms with van der Waals surface area (Å²) in [6, 6.07) is 20.3. The van der Waals surface area contributed by atoms with Gasteiger partial charge in [0.2, 0.25) is 0 Å². The molecule has 0 saturated carbocycles. The maximum absolute atomic E-state index is 12.1. The normalized spacial score (nSPS) is 10.9. The monoisotopic (exact) mass is 382 g/mol. The Bertz CT molecular complexity index is 1130. The molecule has 4 nitrogen and oxygen atoms in total. The van der Waals surface area contributed by atoms with Gasteiger partial charge in [0.25, 0.3) is 0 Å². The molecule has 0 aliphatic carbocycles. The Labute approximate surface area is 168 Å². The molecule has 2 N–H and O–H groups in total. The van der Waals surface area contributed by atoms with Crippen LogP contribution in [0.15, 0.2) is 84.9 Å². The molecule has 0 unspecified atom stereocenters. The third-order valence-corrected chi connectivity index (χ3v) is 4.27. The lowest BCUT2D eigenvalue weighted by Crippen LogP contribution is -1.92. The first-order valence-corrected chi connectivity index (χ1v) is 8.90. The van der Waals surface area contributed by atoms with Gasteiger partial charge in [-0.25, -0.2) is 4.79 Å². The zero-order chi connectivity index (χ0) is 20.6. The van der Waals surface area contributed by atoms with Crippen molar-refractivity contribution < 1.29 is 19.8 Å². The SMILES string of the molecule is O=C=C(C=Cc1ccc(C=CC(=O)c2ccccc2)c(O)c1)c1ccccc1O. The molecule has 0 atom stereocenters. The van der Waals surface area contributed by atoms with E-state index in [9.17, 15) is 19.8 Å². The van der Waals surface area contributed by atoms with Gasteiger partial charge in [0.1, 0.15) is 17.4 Å². The van der Waals surface area contributed by atoms with Crippen LogP contribution in [0.5, 0.6) is 11.5 Å². The molecule has 3 aromatic rings. The van der Waals surface area contributed by atoms with Crippen molar-refractivity contribution in [3.8, 4) is 11.5 Å². The van der Waals surface area contributed by atoms with Gasteiger partial charge in [-0.1, -0.05) is 60.7 Å². The first-order chi connectivity index (χ1) is 14.1. The molecule has 4 heteroatoms. The molecular weight excluding hydrogens is 364 g/mol. The second-order valence-electron chi connectivity index (χ2n) is 6.25.